The van der Waals surface area contributed by atoms with Crippen LogP contribution in [0.4, 0.5) is 27.4 Å². The lowest BCUT2D eigenvalue weighted by Crippen LogP contribution is -2.35. The van der Waals surface area contributed by atoms with E-state index in [-0.39, 0.29) is 28.8 Å². The zero-order valence-electron chi connectivity index (χ0n) is 21.1. The summed E-state index contributed by atoms with van der Waals surface area (Å²) < 4.78 is 15.1. The summed E-state index contributed by atoms with van der Waals surface area (Å²) >= 11 is 0. The number of fused-ring (bicyclic) bond motifs is 4. The van der Waals surface area contributed by atoms with E-state index in [1.54, 1.807) is 30.3 Å². The minimum absolute atomic E-state index is 0.0401. The highest BCUT2D eigenvalue weighted by Crippen LogP contribution is 2.47. The standard InChI is InChI=1S/C30H24FN5O3/c1-35-25(13-19(14-26(35)37)28(38)36-10-8-17-11-21(31)5-7-24(17)36)33-22-6-4-18-15-30(16-20(18)12-22)23-3-2-9-32-27(23)34-29(30)39/h2-7,9,11-14,33H,8,10,15-16H2,1H3,(H,32,34,39). The average Bonchev–Trinajstić information content (AvgIpc) is 3.59. The molecule has 3 aliphatic rings. The van der Waals surface area contributed by atoms with Gasteiger partial charge in [-0.15, -0.1) is 0 Å². The Balaban J connectivity index is 1.18. The molecule has 0 bridgehead atoms. The molecular weight excluding hydrogens is 497 g/mol. The number of pyridine rings is 2. The molecule has 1 aliphatic carbocycles. The highest BCUT2D eigenvalue weighted by atomic mass is 19.1. The van der Waals surface area contributed by atoms with Crippen molar-refractivity contribution in [1.82, 2.24) is 9.55 Å². The topological polar surface area (TPSA) is 96.3 Å². The van der Waals surface area contributed by atoms with Gasteiger partial charge < -0.3 is 15.5 Å². The van der Waals surface area contributed by atoms with Crippen LogP contribution in [0.1, 0.15) is 32.6 Å². The zero-order valence-corrected chi connectivity index (χ0v) is 21.1. The van der Waals surface area contributed by atoms with Gasteiger partial charge in [0.15, 0.2) is 0 Å². The normalized spacial score (nSPS) is 18.6. The van der Waals surface area contributed by atoms with Crippen LogP contribution >= 0.6 is 0 Å². The predicted molar refractivity (Wildman–Crippen MR) is 145 cm³/mol. The molecule has 1 unspecified atom stereocenters. The molecule has 1 spiro atoms. The number of benzene rings is 2. The van der Waals surface area contributed by atoms with Crippen molar-refractivity contribution < 1.29 is 14.0 Å². The van der Waals surface area contributed by atoms with Crippen LogP contribution in [0.2, 0.25) is 0 Å². The van der Waals surface area contributed by atoms with Gasteiger partial charge in [0.05, 0.1) is 5.41 Å². The number of halogens is 1. The molecule has 2 N–H and O–H groups in total. The molecule has 0 fully saturated rings. The summed E-state index contributed by atoms with van der Waals surface area (Å²) in [7, 11) is 1.64. The third-order valence-corrected chi connectivity index (χ3v) is 8.15. The van der Waals surface area contributed by atoms with Crippen LogP contribution in [0.5, 0.6) is 0 Å². The molecule has 2 aromatic carbocycles. The molecule has 4 aromatic rings. The van der Waals surface area contributed by atoms with Crippen molar-refractivity contribution in [3.63, 3.8) is 0 Å². The average molecular weight is 522 g/mol. The second-order valence-corrected chi connectivity index (χ2v) is 10.4. The molecule has 39 heavy (non-hydrogen) atoms. The first-order chi connectivity index (χ1) is 18.8. The van der Waals surface area contributed by atoms with Gasteiger partial charge >= 0.3 is 0 Å². The maximum absolute atomic E-state index is 13.6. The van der Waals surface area contributed by atoms with Crippen molar-refractivity contribution in [3.05, 3.63) is 111 Å². The van der Waals surface area contributed by atoms with Crippen molar-refractivity contribution in [2.24, 2.45) is 7.05 Å². The number of rotatable bonds is 3. The maximum atomic E-state index is 13.6. The summed E-state index contributed by atoms with van der Waals surface area (Å²) in [5.41, 5.74) is 4.50. The maximum Gasteiger partial charge on any atom is 0.258 e. The van der Waals surface area contributed by atoms with Gasteiger partial charge in [-0.3, -0.25) is 19.0 Å². The first-order valence-corrected chi connectivity index (χ1v) is 12.8. The van der Waals surface area contributed by atoms with Crippen molar-refractivity contribution >= 4 is 34.8 Å². The molecule has 194 valence electrons. The highest BCUT2D eigenvalue weighted by Gasteiger charge is 2.51. The summed E-state index contributed by atoms with van der Waals surface area (Å²) in [5.74, 6) is 0.400. The molecule has 2 amide bonds. The number of hydrogen-bond acceptors (Lipinski definition) is 5. The van der Waals surface area contributed by atoms with Crippen LogP contribution in [0, 0.1) is 5.82 Å². The lowest BCUT2D eigenvalue weighted by Gasteiger charge is -2.20. The van der Waals surface area contributed by atoms with Crippen LogP contribution < -0.4 is 21.1 Å². The summed E-state index contributed by atoms with van der Waals surface area (Å²) in [6.45, 7) is 0.425. The first kappa shape index (κ1) is 23.3. The summed E-state index contributed by atoms with van der Waals surface area (Å²) in [4.78, 5) is 45.2. The number of hydrogen-bond donors (Lipinski definition) is 2. The summed E-state index contributed by atoms with van der Waals surface area (Å²) in [6.07, 6.45) is 3.38. The Morgan fingerprint density at radius 1 is 1.03 bits per heavy atom. The van der Waals surface area contributed by atoms with E-state index < -0.39 is 5.41 Å². The van der Waals surface area contributed by atoms with E-state index in [4.69, 9.17) is 0 Å². The zero-order chi connectivity index (χ0) is 26.9. The van der Waals surface area contributed by atoms with Crippen LogP contribution in [-0.2, 0) is 36.5 Å². The Hall–Kier alpha value is -4.79. The van der Waals surface area contributed by atoms with Gasteiger partial charge in [-0.25, -0.2) is 9.37 Å². The minimum atomic E-state index is -0.668. The smallest absolute Gasteiger partial charge is 0.258 e. The van der Waals surface area contributed by atoms with Crippen molar-refractivity contribution in [2.75, 3.05) is 22.1 Å². The number of amides is 2. The fourth-order valence-corrected chi connectivity index (χ4v) is 6.11. The fourth-order valence-electron chi connectivity index (χ4n) is 6.11. The van der Waals surface area contributed by atoms with Crippen molar-refractivity contribution in [3.8, 4) is 0 Å². The monoisotopic (exact) mass is 521 g/mol. The van der Waals surface area contributed by atoms with Crippen molar-refractivity contribution in [1.29, 1.82) is 0 Å². The molecule has 9 heteroatoms. The number of nitrogens with one attached hydrogen (secondary N) is 2. The van der Waals surface area contributed by atoms with Gasteiger partial charge in [0.2, 0.25) is 5.91 Å². The van der Waals surface area contributed by atoms with E-state index in [1.165, 1.54) is 22.8 Å². The molecule has 0 radical (unpaired) electrons. The Morgan fingerprint density at radius 2 is 1.87 bits per heavy atom. The number of nitrogens with zero attached hydrogens (tertiary/aromatic N) is 3. The third kappa shape index (κ3) is 3.57. The Kier molecular flexibility index (Phi) is 5.00. The van der Waals surface area contributed by atoms with E-state index in [9.17, 15) is 18.8 Å². The molecule has 4 heterocycles. The molecule has 0 saturated carbocycles. The second kappa shape index (κ2) is 8.36. The van der Waals surface area contributed by atoms with Crippen LogP contribution in [0.15, 0.2) is 71.7 Å². The lowest BCUT2D eigenvalue weighted by molar-refractivity contribution is -0.120. The van der Waals surface area contributed by atoms with Gasteiger partial charge in [0, 0.05) is 48.4 Å². The van der Waals surface area contributed by atoms with Crippen LogP contribution in [-0.4, -0.2) is 27.9 Å². The molecule has 8 nitrogen and oxygen atoms in total. The first-order valence-electron chi connectivity index (χ1n) is 12.8. The predicted octanol–water partition coefficient (Wildman–Crippen LogP) is 3.85. The van der Waals surface area contributed by atoms with E-state index in [1.807, 2.05) is 30.3 Å². The molecule has 1 atom stereocenters. The Bertz CT molecular complexity index is 1780. The molecule has 2 aromatic heterocycles. The molecule has 0 saturated heterocycles. The molecular formula is C30H24FN5O3. The van der Waals surface area contributed by atoms with Crippen molar-refractivity contribution in [2.45, 2.75) is 24.7 Å². The summed E-state index contributed by atoms with van der Waals surface area (Å²) in [5, 5.41) is 6.22. The van der Waals surface area contributed by atoms with Gasteiger partial charge in [0.25, 0.3) is 11.5 Å². The van der Waals surface area contributed by atoms with Crippen LogP contribution in [0.25, 0.3) is 0 Å². The molecule has 7 rings (SSSR count). The SMILES string of the molecule is Cn1c(Nc2ccc3c(c2)CC2(C3)C(=O)Nc3ncccc32)cc(C(=O)N2CCc3cc(F)ccc32)cc1=O. The van der Waals surface area contributed by atoms with Crippen LogP contribution in [0.3, 0.4) is 0 Å². The van der Waals surface area contributed by atoms with Gasteiger partial charge in [-0.1, -0.05) is 12.1 Å². The quantitative estimate of drug-likeness (QED) is 0.427. The Labute approximate surface area is 223 Å². The third-order valence-electron chi connectivity index (χ3n) is 8.15. The van der Waals surface area contributed by atoms with E-state index in [0.29, 0.717) is 43.1 Å². The Morgan fingerprint density at radius 3 is 2.74 bits per heavy atom. The van der Waals surface area contributed by atoms with E-state index in [2.05, 4.69) is 15.6 Å². The van der Waals surface area contributed by atoms with E-state index in [0.717, 1.165) is 27.9 Å². The molecule has 2 aliphatic heterocycles. The number of carbonyl (C=O) groups excluding carboxylic acids is 2. The van der Waals surface area contributed by atoms with E-state index >= 15 is 0 Å². The minimum Gasteiger partial charge on any atom is -0.342 e. The largest absolute Gasteiger partial charge is 0.342 e. The fraction of sp³-hybridized carbons (Fsp3) is 0.200. The number of anilines is 4. The second-order valence-electron chi connectivity index (χ2n) is 10.4. The van der Waals surface area contributed by atoms with Gasteiger partial charge in [-0.05, 0) is 78.4 Å². The highest BCUT2D eigenvalue weighted by molar-refractivity contribution is 6.08. The van der Waals surface area contributed by atoms with Gasteiger partial charge in [-0.2, -0.15) is 0 Å². The number of aromatic nitrogens is 2. The van der Waals surface area contributed by atoms with Gasteiger partial charge in [0.1, 0.15) is 17.5 Å². The summed E-state index contributed by atoms with van der Waals surface area (Å²) in [6, 6.07) is 17.1. The lowest BCUT2D eigenvalue weighted by atomic mass is 9.79. The number of carbonyl (C=O) groups is 2.